The zero-order valence-electron chi connectivity index (χ0n) is 11.4. The molecule has 0 aliphatic heterocycles. The first kappa shape index (κ1) is 14.6. The average Bonchev–Trinajstić information content (AvgIpc) is 2.35. The normalized spacial score (nSPS) is 12.4. The zero-order valence-corrected chi connectivity index (χ0v) is 11.4. The van der Waals surface area contributed by atoms with Crippen LogP contribution in [0.2, 0.25) is 0 Å². The Bertz CT molecular complexity index is 369. The summed E-state index contributed by atoms with van der Waals surface area (Å²) in [6.45, 7) is 6.28. The summed E-state index contributed by atoms with van der Waals surface area (Å²) in [5, 5.41) is 12.2. The molecule has 1 aromatic rings. The third-order valence-corrected chi connectivity index (χ3v) is 3.32. The van der Waals surface area contributed by atoms with Crippen molar-refractivity contribution in [2.75, 3.05) is 5.32 Å². The molecule has 3 nitrogen and oxygen atoms in total. The van der Waals surface area contributed by atoms with E-state index in [9.17, 15) is 4.79 Å². The number of hydrogen-bond donors (Lipinski definition) is 2. The summed E-state index contributed by atoms with van der Waals surface area (Å²) in [5.41, 5.74) is 2.18. The van der Waals surface area contributed by atoms with Gasteiger partial charge in [0.15, 0.2) is 0 Å². The van der Waals surface area contributed by atoms with Gasteiger partial charge in [0.1, 0.15) is 0 Å². The molecular formula is C15H23NO2. The number of nitrogens with one attached hydrogen (secondary N) is 1. The second-order valence-corrected chi connectivity index (χ2v) is 4.78. The highest BCUT2D eigenvalue weighted by Crippen LogP contribution is 2.21. The molecular weight excluding hydrogens is 226 g/mol. The molecule has 0 heterocycles. The lowest BCUT2D eigenvalue weighted by atomic mass is 9.97. The predicted molar refractivity (Wildman–Crippen MR) is 75.1 cm³/mol. The van der Waals surface area contributed by atoms with Crippen LogP contribution >= 0.6 is 0 Å². The molecule has 100 valence electrons. The van der Waals surface area contributed by atoms with Gasteiger partial charge in [-0.05, 0) is 36.5 Å². The largest absolute Gasteiger partial charge is 0.481 e. The minimum absolute atomic E-state index is 0.0599. The molecule has 1 unspecified atom stereocenters. The molecule has 0 radical (unpaired) electrons. The first-order valence-electron chi connectivity index (χ1n) is 6.65. The van der Waals surface area contributed by atoms with Crippen LogP contribution in [-0.2, 0) is 4.79 Å². The van der Waals surface area contributed by atoms with Gasteiger partial charge in [-0.25, -0.2) is 0 Å². The van der Waals surface area contributed by atoms with Crippen molar-refractivity contribution < 1.29 is 9.90 Å². The van der Waals surface area contributed by atoms with Crippen LogP contribution in [0.15, 0.2) is 24.3 Å². The van der Waals surface area contributed by atoms with Gasteiger partial charge < -0.3 is 10.4 Å². The molecule has 0 aliphatic rings. The maximum absolute atomic E-state index is 10.7. The lowest BCUT2D eigenvalue weighted by Crippen LogP contribution is -2.16. The third-order valence-electron chi connectivity index (χ3n) is 3.32. The number of hydrogen-bond acceptors (Lipinski definition) is 2. The molecule has 2 N–H and O–H groups in total. The second kappa shape index (κ2) is 7.04. The van der Waals surface area contributed by atoms with Gasteiger partial charge in [-0.3, -0.25) is 4.79 Å². The van der Waals surface area contributed by atoms with Crippen molar-refractivity contribution in [2.24, 2.45) is 0 Å². The van der Waals surface area contributed by atoms with Crippen LogP contribution in [-0.4, -0.2) is 17.1 Å². The van der Waals surface area contributed by atoms with Crippen LogP contribution in [0.4, 0.5) is 5.69 Å². The Labute approximate surface area is 109 Å². The predicted octanol–water partition coefficient (Wildman–Crippen LogP) is 3.87. The zero-order chi connectivity index (χ0) is 13.5. The Morgan fingerprint density at radius 2 is 1.78 bits per heavy atom. The van der Waals surface area contributed by atoms with Crippen LogP contribution in [0.1, 0.15) is 51.5 Å². The number of carbonyl (C=O) groups is 1. The number of aliphatic carboxylic acids is 1. The van der Waals surface area contributed by atoms with E-state index in [4.69, 9.17) is 5.11 Å². The molecule has 18 heavy (non-hydrogen) atoms. The molecule has 0 saturated carbocycles. The molecule has 0 aromatic heterocycles. The van der Waals surface area contributed by atoms with Gasteiger partial charge in [-0.1, -0.05) is 32.9 Å². The van der Waals surface area contributed by atoms with Crippen LogP contribution in [0.5, 0.6) is 0 Å². The van der Waals surface area contributed by atoms with Crippen molar-refractivity contribution in [3.05, 3.63) is 29.8 Å². The molecule has 1 atom stereocenters. The molecule has 1 rings (SSSR count). The van der Waals surface area contributed by atoms with Crippen molar-refractivity contribution in [1.82, 2.24) is 0 Å². The number of carboxylic acid groups (broad SMARTS) is 1. The van der Waals surface area contributed by atoms with Crippen molar-refractivity contribution >= 4 is 11.7 Å². The molecule has 0 spiro atoms. The Morgan fingerprint density at radius 1 is 1.22 bits per heavy atom. The van der Waals surface area contributed by atoms with Crippen LogP contribution in [0.25, 0.3) is 0 Å². The molecule has 0 amide bonds. The van der Waals surface area contributed by atoms with E-state index >= 15 is 0 Å². The van der Waals surface area contributed by atoms with Crippen LogP contribution in [0, 0.1) is 0 Å². The van der Waals surface area contributed by atoms with E-state index in [-0.39, 0.29) is 12.3 Å². The highest BCUT2D eigenvalue weighted by molar-refractivity contribution is 5.68. The Morgan fingerprint density at radius 3 is 2.22 bits per heavy atom. The van der Waals surface area contributed by atoms with E-state index < -0.39 is 5.97 Å². The third kappa shape index (κ3) is 4.40. The topological polar surface area (TPSA) is 49.3 Å². The van der Waals surface area contributed by atoms with Crippen LogP contribution < -0.4 is 5.32 Å². The Kier molecular flexibility index (Phi) is 5.69. The summed E-state index contributed by atoms with van der Waals surface area (Å²) in [5.74, 6) is -0.688. The average molecular weight is 249 g/mol. The van der Waals surface area contributed by atoms with Gasteiger partial charge >= 0.3 is 5.97 Å². The first-order chi connectivity index (χ1) is 8.56. The van der Waals surface area contributed by atoms with Gasteiger partial charge in [0, 0.05) is 11.7 Å². The van der Waals surface area contributed by atoms with Crippen molar-refractivity contribution in [3.63, 3.8) is 0 Å². The number of benzene rings is 1. The van der Waals surface area contributed by atoms with Gasteiger partial charge in [0.05, 0.1) is 6.42 Å². The highest BCUT2D eigenvalue weighted by Gasteiger charge is 2.10. The smallest absolute Gasteiger partial charge is 0.303 e. The van der Waals surface area contributed by atoms with Gasteiger partial charge in [0.2, 0.25) is 0 Å². The fraction of sp³-hybridized carbons (Fsp3) is 0.533. The van der Waals surface area contributed by atoms with Gasteiger partial charge in [-0.15, -0.1) is 0 Å². The number of carboxylic acids is 1. The summed E-state index contributed by atoms with van der Waals surface area (Å²) in [6.07, 6.45) is 2.39. The van der Waals surface area contributed by atoms with E-state index in [1.165, 1.54) is 0 Å². The molecule has 0 fully saturated rings. The minimum Gasteiger partial charge on any atom is -0.481 e. The van der Waals surface area contributed by atoms with Crippen molar-refractivity contribution in [2.45, 2.75) is 52.0 Å². The number of anilines is 1. The lowest BCUT2D eigenvalue weighted by molar-refractivity contribution is -0.137. The molecule has 0 bridgehead atoms. The van der Waals surface area contributed by atoms with Gasteiger partial charge in [0.25, 0.3) is 0 Å². The van der Waals surface area contributed by atoms with Gasteiger partial charge in [-0.2, -0.15) is 0 Å². The first-order valence-corrected chi connectivity index (χ1v) is 6.65. The Balaban J connectivity index is 2.64. The van der Waals surface area contributed by atoms with Crippen molar-refractivity contribution in [3.8, 4) is 0 Å². The van der Waals surface area contributed by atoms with E-state index in [1.807, 2.05) is 31.2 Å². The van der Waals surface area contributed by atoms with Crippen LogP contribution in [0.3, 0.4) is 0 Å². The fourth-order valence-corrected chi connectivity index (χ4v) is 2.02. The van der Waals surface area contributed by atoms with Crippen molar-refractivity contribution in [1.29, 1.82) is 0 Å². The van der Waals surface area contributed by atoms with E-state index in [0.29, 0.717) is 6.04 Å². The summed E-state index contributed by atoms with van der Waals surface area (Å²) in [4.78, 5) is 10.7. The molecule has 0 saturated heterocycles. The van der Waals surface area contributed by atoms with E-state index in [0.717, 1.165) is 24.1 Å². The summed E-state index contributed by atoms with van der Waals surface area (Å²) >= 11 is 0. The highest BCUT2D eigenvalue weighted by atomic mass is 16.4. The van der Waals surface area contributed by atoms with E-state index in [1.54, 1.807) is 0 Å². The minimum atomic E-state index is -0.748. The Hall–Kier alpha value is -1.51. The molecule has 0 aliphatic carbocycles. The summed E-state index contributed by atoms with van der Waals surface area (Å²) in [7, 11) is 0. The second-order valence-electron chi connectivity index (χ2n) is 4.78. The quantitative estimate of drug-likeness (QED) is 0.771. The summed E-state index contributed by atoms with van der Waals surface area (Å²) < 4.78 is 0. The molecule has 3 heteroatoms. The maximum Gasteiger partial charge on any atom is 0.303 e. The number of rotatable bonds is 7. The van der Waals surface area contributed by atoms with E-state index in [2.05, 4.69) is 19.2 Å². The standard InChI is InChI=1S/C15H23NO2/c1-4-13(5-2)16-14-8-6-12(7-9-14)11(3)10-15(17)18/h6-9,11,13,16H,4-5,10H2,1-3H3,(H,17,18). The molecule has 1 aromatic carbocycles. The summed E-state index contributed by atoms with van der Waals surface area (Å²) in [6, 6.07) is 8.60. The SMILES string of the molecule is CCC(CC)Nc1ccc(C(C)CC(=O)O)cc1. The monoisotopic (exact) mass is 249 g/mol. The lowest BCUT2D eigenvalue weighted by Gasteiger charge is -2.17. The maximum atomic E-state index is 10.7. The fourth-order valence-electron chi connectivity index (χ4n) is 2.02.